The molecule has 1 aliphatic heterocycles. The van der Waals surface area contributed by atoms with Crippen LogP contribution in [0.2, 0.25) is 0 Å². The van der Waals surface area contributed by atoms with Crippen molar-refractivity contribution in [3.05, 3.63) is 32.6 Å². The van der Waals surface area contributed by atoms with E-state index >= 15 is 0 Å². The predicted molar refractivity (Wildman–Crippen MR) is 85.6 cm³/mol. The molecule has 11 nitrogen and oxygen atoms in total. The van der Waals surface area contributed by atoms with Gasteiger partial charge in [0.15, 0.2) is 0 Å². The second kappa shape index (κ2) is 8.55. The molecule has 1 saturated heterocycles. The van der Waals surface area contributed by atoms with Gasteiger partial charge in [0.05, 0.1) is 19.8 Å². The smallest absolute Gasteiger partial charge is 0.328 e. The van der Waals surface area contributed by atoms with Crippen molar-refractivity contribution in [3.63, 3.8) is 0 Å². The minimum atomic E-state index is -1.16. The summed E-state index contributed by atoms with van der Waals surface area (Å²) in [6.07, 6.45) is 1.25. The number of morpholine rings is 1. The van der Waals surface area contributed by atoms with Crippen LogP contribution in [0.3, 0.4) is 0 Å². The van der Waals surface area contributed by atoms with Crippen LogP contribution in [0.5, 0.6) is 0 Å². The summed E-state index contributed by atoms with van der Waals surface area (Å²) >= 11 is 0. The highest BCUT2D eigenvalue weighted by molar-refractivity contribution is 5.87. The SMILES string of the molecule is Cc1cn(CC(=O)N[C@@H](CO)C(=O)NN2CCOCC2)c(=O)[nH]c1=O. The molecule has 0 unspecified atom stereocenters. The van der Waals surface area contributed by atoms with Gasteiger partial charge in [-0.05, 0) is 6.92 Å². The maximum Gasteiger partial charge on any atom is 0.328 e. The highest BCUT2D eigenvalue weighted by Crippen LogP contribution is 1.94. The minimum absolute atomic E-state index is 0.274. The summed E-state index contributed by atoms with van der Waals surface area (Å²) in [5.74, 6) is -1.22. The van der Waals surface area contributed by atoms with E-state index in [0.717, 1.165) is 4.57 Å². The molecule has 138 valence electrons. The fourth-order valence-electron chi connectivity index (χ4n) is 2.23. The lowest BCUT2D eigenvalue weighted by Gasteiger charge is -2.28. The van der Waals surface area contributed by atoms with Crippen molar-refractivity contribution in [2.75, 3.05) is 32.9 Å². The van der Waals surface area contributed by atoms with E-state index < -0.39 is 42.3 Å². The first kappa shape index (κ1) is 18.8. The average Bonchev–Trinajstić information content (AvgIpc) is 2.58. The maximum atomic E-state index is 12.1. The standard InChI is InChI=1S/C14H21N5O6/c1-9-6-18(14(24)16-12(9)22)7-11(21)15-10(8-20)13(23)17-19-2-4-25-5-3-19/h6,10,20H,2-5,7-8H2,1H3,(H,15,21)(H,17,23)(H,16,22,24)/t10-/m0/s1. The van der Waals surface area contributed by atoms with E-state index in [-0.39, 0.29) is 5.56 Å². The lowest BCUT2D eigenvalue weighted by molar-refractivity contribution is -0.135. The van der Waals surface area contributed by atoms with Crippen molar-refractivity contribution in [1.29, 1.82) is 0 Å². The van der Waals surface area contributed by atoms with Gasteiger partial charge in [0.1, 0.15) is 12.6 Å². The molecule has 1 atom stereocenters. The lowest BCUT2D eigenvalue weighted by atomic mass is 10.3. The molecule has 1 fully saturated rings. The minimum Gasteiger partial charge on any atom is -0.394 e. The topological polar surface area (TPSA) is 146 Å². The number of aliphatic hydroxyl groups excluding tert-OH is 1. The normalized spacial score (nSPS) is 16.2. The van der Waals surface area contributed by atoms with Crippen LogP contribution in [0.25, 0.3) is 0 Å². The monoisotopic (exact) mass is 355 g/mol. The number of aromatic nitrogens is 2. The van der Waals surface area contributed by atoms with Crippen molar-refractivity contribution in [3.8, 4) is 0 Å². The number of H-pyrrole nitrogens is 1. The van der Waals surface area contributed by atoms with Crippen molar-refractivity contribution in [2.24, 2.45) is 0 Å². The highest BCUT2D eigenvalue weighted by Gasteiger charge is 2.23. The van der Waals surface area contributed by atoms with Gasteiger partial charge in [-0.15, -0.1) is 0 Å². The van der Waals surface area contributed by atoms with E-state index in [2.05, 4.69) is 15.7 Å². The Balaban J connectivity index is 1.95. The van der Waals surface area contributed by atoms with E-state index in [1.165, 1.54) is 13.1 Å². The predicted octanol–water partition coefficient (Wildman–Crippen LogP) is -3.31. The molecule has 2 heterocycles. The summed E-state index contributed by atoms with van der Waals surface area (Å²) in [6.45, 7) is 2.47. The Labute approximate surface area is 142 Å². The lowest BCUT2D eigenvalue weighted by Crippen LogP contribution is -2.56. The largest absolute Gasteiger partial charge is 0.394 e. The Morgan fingerprint density at radius 2 is 2.04 bits per heavy atom. The van der Waals surface area contributed by atoms with Crippen molar-refractivity contribution < 1.29 is 19.4 Å². The first-order valence-corrected chi connectivity index (χ1v) is 7.74. The number of hydrazine groups is 1. The summed E-state index contributed by atoms with van der Waals surface area (Å²) in [5, 5.41) is 13.3. The molecule has 2 rings (SSSR count). The number of hydrogen-bond donors (Lipinski definition) is 4. The number of nitrogens with one attached hydrogen (secondary N) is 3. The quantitative estimate of drug-likeness (QED) is 0.418. The van der Waals surface area contributed by atoms with Gasteiger partial charge in [0, 0.05) is 24.8 Å². The molecule has 2 amide bonds. The molecule has 25 heavy (non-hydrogen) atoms. The van der Waals surface area contributed by atoms with Crippen LogP contribution >= 0.6 is 0 Å². The van der Waals surface area contributed by atoms with E-state index in [9.17, 15) is 24.3 Å². The van der Waals surface area contributed by atoms with Gasteiger partial charge in [-0.1, -0.05) is 0 Å². The number of aryl methyl sites for hydroxylation is 1. The molecule has 1 aliphatic rings. The summed E-state index contributed by atoms with van der Waals surface area (Å²) in [5.41, 5.74) is 1.60. The zero-order chi connectivity index (χ0) is 18.4. The van der Waals surface area contributed by atoms with E-state index in [4.69, 9.17) is 4.74 Å². The van der Waals surface area contributed by atoms with Crippen LogP contribution in [-0.2, 0) is 20.9 Å². The third kappa shape index (κ3) is 5.24. The molecule has 0 bridgehead atoms. The molecule has 0 aromatic carbocycles. The van der Waals surface area contributed by atoms with Gasteiger partial charge < -0.3 is 15.2 Å². The number of carbonyl (C=O) groups excluding carboxylic acids is 2. The second-order valence-corrected chi connectivity index (χ2v) is 5.58. The van der Waals surface area contributed by atoms with Crippen molar-refractivity contribution >= 4 is 11.8 Å². The van der Waals surface area contributed by atoms with E-state index in [0.29, 0.717) is 26.3 Å². The summed E-state index contributed by atoms with van der Waals surface area (Å²) in [7, 11) is 0. The Morgan fingerprint density at radius 3 is 2.68 bits per heavy atom. The van der Waals surface area contributed by atoms with Gasteiger partial charge in [-0.2, -0.15) is 0 Å². The van der Waals surface area contributed by atoms with Crippen LogP contribution in [-0.4, -0.2) is 70.4 Å². The number of aromatic amines is 1. The Morgan fingerprint density at radius 1 is 1.36 bits per heavy atom. The van der Waals surface area contributed by atoms with Crippen molar-refractivity contribution in [2.45, 2.75) is 19.5 Å². The number of carbonyl (C=O) groups is 2. The maximum absolute atomic E-state index is 12.1. The average molecular weight is 355 g/mol. The summed E-state index contributed by atoms with van der Waals surface area (Å²) in [6, 6.07) is -1.16. The molecule has 0 saturated carbocycles. The van der Waals surface area contributed by atoms with E-state index in [1.807, 2.05) is 0 Å². The molecular weight excluding hydrogens is 334 g/mol. The molecule has 0 aliphatic carbocycles. The van der Waals surface area contributed by atoms with Crippen LogP contribution in [0, 0.1) is 6.92 Å². The highest BCUT2D eigenvalue weighted by atomic mass is 16.5. The van der Waals surface area contributed by atoms with Crippen LogP contribution in [0.4, 0.5) is 0 Å². The molecule has 11 heteroatoms. The molecule has 1 aromatic heterocycles. The first-order valence-electron chi connectivity index (χ1n) is 7.74. The third-order valence-corrected chi connectivity index (χ3v) is 3.62. The third-order valence-electron chi connectivity index (χ3n) is 3.62. The van der Waals surface area contributed by atoms with Gasteiger partial charge >= 0.3 is 5.69 Å². The Bertz CT molecular complexity index is 736. The zero-order valence-corrected chi connectivity index (χ0v) is 13.8. The van der Waals surface area contributed by atoms with Gasteiger partial charge in [0.2, 0.25) is 5.91 Å². The van der Waals surface area contributed by atoms with Crippen molar-refractivity contribution in [1.82, 2.24) is 25.3 Å². The second-order valence-electron chi connectivity index (χ2n) is 5.58. The van der Waals surface area contributed by atoms with Gasteiger partial charge in [-0.3, -0.25) is 29.4 Å². The van der Waals surface area contributed by atoms with Crippen LogP contribution in [0.1, 0.15) is 5.56 Å². The Kier molecular flexibility index (Phi) is 6.44. The zero-order valence-electron chi connectivity index (χ0n) is 13.8. The van der Waals surface area contributed by atoms with Gasteiger partial charge in [0.25, 0.3) is 11.5 Å². The van der Waals surface area contributed by atoms with Crippen LogP contribution < -0.4 is 22.0 Å². The van der Waals surface area contributed by atoms with E-state index in [1.54, 1.807) is 5.01 Å². The van der Waals surface area contributed by atoms with Gasteiger partial charge in [-0.25, -0.2) is 9.80 Å². The number of nitrogens with zero attached hydrogens (tertiary/aromatic N) is 2. The number of hydrogen-bond acceptors (Lipinski definition) is 7. The summed E-state index contributed by atoms with van der Waals surface area (Å²) < 4.78 is 6.17. The Hall–Kier alpha value is -2.50. The molecule has 1 aromatic rings. The molecule has 0 radical (unpaired) electrons. The fourth-order valence-corrected chi connectivity index (χ4v) is 2.23. The number of ether oxygens (including phenoxy) is 1. The fraction of sp³-hybridized carbons (Fsp3) is 0.571. The molecule has 4 N–H and O–H groups in total. The van der Waals surface area contributed by atoms with Crippen LogP contribution in [0.15, 0.2) is 15.8 Å². The summed E-state index contributed by atoms with van der Waals surface area (Å²) in [4.78, 5) is 49.2. The number of aliphatic hydroxyl groups is 1. The molecular formula is C14H21N5O6. The molecule has 0 spiro atoms. The number of amides is 2. The number of rotatable bonds is 6. The first-order chi connectivity index (χ1) is 11.9.